The normalized spacial score (nSPS) is 12.1. The zero-order valence-electron chi connectivity index (χ0n) is 14.7. The van der Waals surface area contributed by atoms with E-state index < -0.39 is 6.10 Å². The van der Waals surface area contributed by atoms with E-state index in [4.69, 9.17) is 14.2 Å². The van der Waals surface area contributed by atoms with Gasteiger partial charge in [-0.3, -0.25) is 0 Å². The predicted molar refractivity (Wildman–Crippen MR) is 97.6 cm³/mol. The number of hydrogen-bond acceptors (Lipinski definition) is 5. The number of hydrogen-bond donors (Lipinski definition) is 2. The summed E-state index contributed by atoms with van der Waals surface area (Å²) in [5.41, 5.74) is 2.15. The maximum atomic E-state index is 10.1. The molecule has 0 fully saturated rings. The Bertz CT molecular complexity index is 591. The van der Waals surface area contributed by atoms with E-state index in [9.17, 15) is 5.11 Å². The van der Waals surface area contributed by atoms with Crippen molar-refractivity contribution >= 4 is 0 Å². The average molecular weight is 345 g/mol. The van der Waals surface area contributed by atoms with E-state index in [1.807, 2.05) is 42.5 Å². The van der Waals surface area contributed by atoms with Gasteiger partial charge in [0.15, 0.2) is 0 Å². The highest BCUT2D eigenvalue weighted by Crippen LogP contribution is 2.19. The molecule has 0 heterocycles. The highest BCUT2D eigenvalue weighted by atomic mass is 16.5. The molecule has 2 aromatic rings. The molecule has 0 bridgehead atoms. The molecular weight excluding hydrogens is 318 g/mol. The van der Waals surface area contributed by atoms with Gasteiger partial charge in [0.1, 0.15) is 18.5 Å². The molecule has 2 aromatic carbocycles. The van der Waals surface area contributed by atoms with Gasteiger partial charge in [0.2, 0.25) is 0 Å². The van der Waals surface area contributed by atoms with Crippen molar-refractivity contribution in [3.05, 3.63) is 65.7 Å². The fourth-order valence-electron chi connectivity index (χ4n) is 2.31. The molecule has 1 unspecified atom stereocenters. The molecule has 1 atom stereocenters. The zero-order valence-corrected chi connectivity index (χ0v) is 14.7. The molecule has 0 aliphatic rings. The van der Waals surface area contributed by atoms with Crippen molar-refractivity contribution in [1.29, 1.82) is 0 Å². The summed E-state index contributed by atoms with van der Waals surface area (Å²) in [6.45, 7) is 2.99. The lowest BCUT2D eigenvalue weighted by Crippen LogP contribution is -2.31. The first kappa shape index (κ1) is 19.4. The van der Waals surface area contributed by atoms with Crippen LogP contribution in [-0.2, 0) is 22.6 Å². The molecule has 5 nitrogen and oxygen atoms in total. The summed E-state index contributed by atoms with van der Waals surface area (Å²) in [4.78, 5) is 0. The van der Waals surface area contributed by atoms with Crippen molar-refractivity contribution in [2.75, 3.05) is 33.5 Å². The van der Waals surface area contributed by atoms with Gasteiger partial charge in [0.25, 0.3) is 0 Å². The Balaban J connectivity index is 1.70. The van der Waals surface area contributed by atoms with Gasteiger partial charge in [-0.15, -0.1) is 0 Å². The lowest BCUT2D eigenvalue weighted by molar-refractivity contribution is 0.0590. The minimum absolute atomic E-state index is 0.233. The predicted octanol–water partition coefficient (Wildman–Crippen LogP) is 2.38. The number of ether oxygens (including phenoxy) is 3. The minimum atomic E-state index is -0.578. The van der Waals surface area contributed by atoms with Crippen LogP contribution < -0.4 is 10.1 Å². The molecule has 25 heavy (non-hydrogen) atoms. The van der Waals surface area contributed by atoms with E-state index in [1.54, 1.807) is 7.11 Å². The van der Waals surface area contributed by atoms with E-state index in [0.717, 1.165) is 17.9 Å². The fraction of sp³-hybridized carbons (Fsp3) is 0.400. The minimum Gasteiger partial charge on any atom is -0.490 e. The lowest BCUT2D eigenvalue weighted by Gasteiger charge is -2.16. The summed E-state index contributed by atoms with van der Waals surface area (Å²) in [5, 5.41) is 13.3. The molecule has 2 N–H and O–H groups in total. The van der Waals surface area contributed by atoms with Gasteiger partial charge in [0, 0.05) is 25.8 Å². The van der Waals surface area contributed by atoms with Crippen LogP contribution in [-0.4, -0.2) is 44.7 Å². The van der Waals surface area contributed by atoms with Crippen molar-refractivity contribution in [2.24, 2.45) is 0 Å². The Morgan fingerprint density at radius 3 is 2.56 bits per heavy atom. The molecule has 136 valence electrons. The van der Waals surface area contributed by atoms with Gasteiger partial charge in [0.05, 0.1) is 19.8 Å². The molecule has 0 aromatic heterocycles. The molecular formula is C20H27NO4. The summed E-state index contributed by atoms with van der Waals surface area (Å²) in [7, 11) is 1.65. The van der Waals surface area contributed by atoms with Crippen LogP contribution in [0.1, 0.15) is 11.1 Å². The first-order valence-electron chi connectivity index (χ1n) is 8.49. The van der Waals surface area contributed by atoms with Gasteiger partial charge in [-0.05, 0) is 11.6 Å². The lowest BCUT2D eigenvalue weighted by atomic mass is 10.2. The van der Waals surface area contributed by atoms with Crippen LogP contribution in [0.15, 0.2) is 54.6 Å². The molecule has 0 aliphatic heterocycles. The van der Waals surface area contributed by atoms with Crippen LogP contribution in [0.5, 0.6) is 5.75 Å². The second-order valence-electron chi connectivity index (χ2n) is 5.73. The smallest absolute Gasteiger partial charge is 0.124 e. The van der Waals surface area contributed by atoms with Crippen LogP contribution >= 0.6 is 0 Å². The average Bonchev–Trinajstić information content (AvgIpc) is 2.65. The molecule has 2 rings (SSSR count). The zero-order chi connectivity index (χ0) is 17.7. The second-order valence-corrected chi connectivity index (χ2v) is 5.73. The molecule has 0 radical (unpaired) electrons. The first-order chi connectivity index (χ1) is 12.3. The third-order valence-corrected chi connectivity index (χ3v) is 3.65. The first-order valence-corrected chi connectivity index (χ1v) is 8.49. The highest BCUT2D eigenvalue weighted by molar-refractivity contribution is 5.32. The Hall–Kier alpha value is -1.92. The molecule has 0 saturated carbocycles. The number of aliphatic hydroxyl groups is 1. The van der Waals surface area contributed by atoms with Crippen molar-refractivity contribution in [2.45, 2.75) is 19.3 Å². The van der Waals surface area contributed by atoms with Crippen molar-refractivity contribution in [1.82, 2.24) is 5.32 Å². The van der Waals surface area contributed by atoms with Crippen LogP contribution in [0.3, 0.4) is 0 Å². The second kappa shape index (κ2) is 11.6. The number of methoxy groups -OCH3 is 1. The van der Waals surface area contributed by atoms with Crippen molar-refractivity contribution < 1.29 is 19.3 Å². The topological polar surface area (TPSA) is 60.0 Å². The van der Waals surface area contributed by atoms with Crippen molar-refractivity contribution in [3.63, 3.8) is 0 Å². The number of aliphatic hydroxyl groups excluding tert-OH is 1. The Morgan fingerprint density at radius 1 is 1.00 bits per heavy atom. The van der Waals surface area contributed by atoms with E-state index in [2.05, 4.69) is 17.4 Å². The van der Waals surface area contributed by atoms with Crippen LogP contribution in [0.25, 0.3) is 0 Å². The maximum absolute atomic E-state index is 10.1. The summed E-state index contributed by atoms with van der Waals surface area (Å²) in [5.74, 6) is 0.738. The summed E-state index contributed by atoms with van der Waals surface area (Å²) < 4.78 is 16.3. The fourth-order valence-corrected chi connectivity index (χ4v) is 2.31. The number of benzene rings is 2. The van der Waals surface area contributed by atoms with Gasteiger partial charge in [-0.1, -0.05) is 48.5 Å². The van der Waals surface area contributed by atoms with E-state index in [1.165, 1.54) is 5.56 Å². The highest BCUT2D eigenvalue weighted by Gasteiger charge is 2.08. The number of nitrogens with one attached hydrogen (secondary N) is 1. The van der Waals surface area contributed by atoms with Crippen LogP contribution in [0.4, 0.5) is 0 Å². The molecule has 5 heteroatoms. The van der Waals surface area contributed by atoms with E-state index in [0.29, 0.717) is 26.4 Å². The SMILES string of the molecule is COCCOCc1ccccc1OCC(O)CNCc1ccccc1. The van der Waals surface area contributed by atoms with E-state index >= 15 is 0 Å². The summed E-state index contributed by atoms with van der Waals surface area (Å²) in [6, 6.07) is 17.8. The Labute approximate surface area is 149 Å². The Kier molecular flexibility index (Phi) is 9.01. The van der Waals surface area contributed by atoms with E-state index in [-0.39, 0.29) is 6.61 Å². The van der Waals surface area contributed by atoms with Crippen LogP contribution in [0, 0.1) is 0 Å². The number of para-hydroxylation sites is 1. The van der Waals surface area contributed by atoms with Crippen molar-refractivity contribution in [3.8, 4) is 5.75 Å². The molecule has 0 amide bonds. The third-order valence-electron chi connectivity index (χ3n) is 3.65. The quantitative estimate of drug-likeness (QED) is 0.579. The number of rotatable bonds is 12. The van der Waals surface area contributed by atoms with Gasteiger partial charge in [-0.25, -0.2) is 0 Å². The standard InChI is InChI=1S/C20H27NO4/c1-23-11-12-24-15-18-9-5-6-10-20(18)25-16-19(22)14-21-13-17-7-3-2-4-8-17/h2-10,19,21-22H,11-16H2,1H3. The largest absolute Gasteiger partial charge is 0.490 e. The van der Waals surface area contributed by atoms with Gasteiger partial charge < -0.3 is 24.6 Å². The Morgan fingerprint density at radius 2 is 1.76 bits per heavy atom. The van der Waals surface area contributed by atoms with Crippen LogP contribution in [0.2, 0.25) is 0 Å². The molecule has 0 aliphatic carbocycles. The molecule has 0 saturated heterocycles. The third kappa shape index (κ3) is 7.67. The maximum Gasteiger partial charge on any atom is 0.124 e. The van der Waals surface area contributed by atoms with Gasteiger partial charge >= 0.3 is 0 Å². The summed E-state index contributed by atoms with van der Waals surface area (Å²) >= 11 is 0. The monoisotopic (exact) mass is 345 g/mol. The molecule has 0 spiro atoms. The van der Waals surface area contributed by atoms with Gasteiger partial charge in [-0.2, -0.15) is 0 Å². The summed E-state index contributed by atoms with van der Waals surface area (Å²) in [6.07, 6.45) is -0.578.